The van der Waals surface area contributed by atoms with Crippen LogP contribution in [-0.2, 0) is 18.3 Å². The molecule has 3 aliphatic rings. The number of aromatic amines is 1. The van der Waals surface area contributed by atoms with Crippen LogP contribution in [0.1, 0.15) is 93.4 Å². The Labute approximate surface area is 179 Å². The van der Waals surface area contributed by atoms with Gasteiger partial charge in [0, 0.05) is 21.8 Å². The van der Waals surface area contributed by atoms with Crippen molar-refractivity contribution in [2.24, 2.45) is 5.41 Å². The van der Waals surface area contributed by atoms with Crippen LogP contribution >= 0.6 is 0 Å². The van der Waals surface area contributed by atoms with E-state index in [0.29, 0.717) is 10.8 Å². The zero-order valence-corrected chi connectivity index (χ0v) is 18.2. The van der Waals surface area contributed by atoms with Gasteiger partial charge in [-0.15, -0.1) is 0 Å². The maximum Gasteiger partial charge on any atom is 0.0995 e. The fourth-order valence-electron chi connectivity index (χ4n) is 7.38. The molecule has 154 valence electrons. The normalized spacial score (nSPS) is 22.0. The summed E-state index contributed by atoms with van der Waals surface area (Å²) in [5.41, 5.74) is 8.50. The highest BCUT2D eigenvalue weighted by Gasteiger charge is 2.42. The Balaban J connectivity index is 1.58. The van der Waals surface area contributed by atoms with Gasteiger partial charge in [0.05, 0.1) is 11.6 Å². The summed E-state index contributed by atoms with van der Waals surface area (Å²) in [4.78, 5) is 3.67. The van der Waals surface area contributed by atoms with Crippen LogP contribution in [0, 0.1) is 16.7 Å². The van der Waals surface area contributed by atoms with Gasteiger partial charge in [0.15, 0.2) is 0 Å². The standard InChI is InChI=1S/C28H32N2/c1-2-28(12-4-3-5-13-28)20-8-9-24-21(15-20)26-23-17-27(10-6-7-11-27)16-22(23)19(18-29)14-25(26)30-24/h8-9,14-15,30H,2-7,10-13,16-17H2,1H3. The molecular formula is C28H32N2. The van der Waals surface area contributed by atoms with Crippen LogP contribution in [-0.4, -0.2) is 4.98 Å². The molecule has 6 rings (SSSR count). The molecule has 2 aromatic carbocycles. The zero-order chi connectivity index (χ0) is 20.3. The van der Waals surface area contributed by atoms with Crippen molar-refractivity contribution in [2.45, 2.75) is 89.4 Å². The molecule has 2 heteroatoms. The lowest BCUT2D eigenvalue weighted by molar-refractivity contribution is 0.283. The van der Waals surface area contributed by atoms with Crippen LogP contribution in [0.5, 0.6) is 0 Å². The van der Waals surface area contributed by atoms with E-state index in [-0.39, 0.29) is 0 Å². The molecule has 0 unspecified atom stereocenters. The summed E-state index contributed by atoms with van der Waals surface area (Å²) in [6, 6.07) is 11.9. The summed E-state index contributed by atoms with van der Waals surface area (Å²) in [7, 11) is 0. The molecule has 0 bridgehead atoms. The number of fused-ring (bicyclic) bond motifs is 5. The van der Waals surface area contributed by atoms with Crippen molar-refractivity contribution in [2.75, 3.05) is 0 Å². The van der Waals surface area contributed by atoms with Gasteiger partial charge in [0.1, 0.15) is 0 Å². The minimum atomic E-state index is 0.360. The Hall–Kier alpha value is -2.27. The highest BCUT2D eigenvalue weighted by Crippen LogP contribution is 2.52. The fraction of sp³-hybridized carbons (Fsp3) is 0.536. The van der Waals surface area contributed by atoms with Gasteiger partial charge in [-0.2, -0.15) is 5.26 Å². The smallest absolute Gasteiger partial charge is 0.0995 e. The van der Waals surface area contributed by atoms with E-state index >= 15 is 0 Å². The number of benzene rings is 2. The van der Waals surface area contributed by atoms with Crippen LogP contribution in [0.4, 0.5) is 0 Å². The van der Waals surface area contributed by atoms with Crippen LogP contribution in [0.15, 0.2) is 24.3 Å². The molecule has 0 atom stereocenters. The first-order chi connectivity index (χ1) is 14.7. The van der Waals surface area contributed by atoms with Crippen molar-refractivity contribution in [1.82, 2.24) is 4.98 Å². The highest BCUT2D eigenvalue weighted by molar-refractivity contribution is 6.10. The molecule has 1 spiro atoms. The van der Waals surface area contributed by atoms with Gasteiger partial charge in [0.25, 0.3) is 0 Å². The average molecular weight is 397 g/mol. The molecule has 0 aliphatic heterocycles. The van der Waals surface area contributed by atoms with E-state index < -0.39 is 0 Å². The molecule has 1 heterocycles. The second-order valence-corrected chi connectivity index (χ2v) is 10.6. The van der Waals surface area contributed by atoms with Gasteiger partial charge >= 0.3 is 0 Å². The zero-order valence-electron chi connectivity index (χ0n) is 18.2. The van der Waals surface area contributed by atoms with Crippen molar-refractivity contribution in [3.8, 4) is 6.07 Å². The Bertz CT molecular complexity index is 1180. The Kier molecular flexibility index (Phi) is 4.08. The third-order valence-electron chi connectivity index (χ3n) is 9.10. The largest absolute Gasteiger partial charge is 0.354 e. The van der Waals surface area contributed by atoms with Crippen molar-refractivity contribution in [1.29, 1.82) is 5.26 Å². The molecule has 3 aromatic rings. The van der Waals surface area contributed by atoms with Crippen molar-refractivity contribution < 1.29 is 0 Å². The van der Waals surface area contributed by atoms with Crippen molar-refractivity contribution in [3.63, 3.8) is 0 Å². The minimum Gasteiger partial charge on any atom is -0.354 e. The van der Waals surface area contributed by atoms with Crippen LogP contribution in [0.25, 0.3) is 21.8 Å². The number of nitrogens with zero attached hydrogens (tertiary/aromatic N) is 1. The van der Waals surface area contributed by atoms with Gasteiger partial charge < -0.3 is 4.98 Å². The third kappa shape index (κ3) is 2.54. The lowest BCUT2D eigenvalue weighted by Crippen LogP contribution is -2.28. The Morgan fingerprint density at radius 2 is 1.63 bits per heavy atom. The van der Waals surface area contributed by atoms with E-state index in [9.17, 15) is 5.26 Å². The summed E-state index contributed by atoms with van der Waals surface area (Å²) in [5, 5.41) is 12.7. The maximum absolute atomic E-state index is 9.88. The fourth-order valence-corrected chi connectivity index (χ4v) is 7.38. The number of aromatic nitrogens is 1. The number of rotatable bonds is 2. The first-order valence-corrected chi connectivity index (χ1v) is 12.2. The maximum atomic E-state index is 9.88. The van der Waals surface area contributed by atoms with E-state index in [2.05, 4.69) is 42.2 Å². The first-order valence-electron chi connectivity index (χ1n) is 12.2. The Morgan fingerprint density at radius 3 is 2.37 bits per heavy atom. The molecule has 1 aromatic heterocycles. The van der Waals surface area contributed by atoms with Gasteiger partial charge in [-0.1, -0.05) is 45.1 Å². The molecule has 2 fully saturated rings. The Morgan fingerprint density at radius 1 is 0.900 bits per heavy atom. The quantitative estimate of drug-likeness (QED) is 0.479. The molecule has 2 nitrogen and oxygen atoms in total. The number of hydrogen-bond acceptors (Lipinski definition) is 1. The molecule has 30 heavy (non-hydrogen) atoms. The molecular weight excluding hydrogens is 364 g/mol. The molecule has 2 saturated carbocycles. The van der Waals surface area contributed by atoms with E-state index in [1.165, 1.54) is 104 Å². The van der Waals surface area contributed by atoms with Gasteiger partial charge in [-0.3, -0.25) is 0 Å². The van der Waals surface area contributed by atoms with E-state index in [4.69, 9.17) is 0 Å². The molecule has 0 radical (unpaired) electrons. The van der Waals surface area contributed by atoms with E-state index in [1.807, 2.05) is 0 Å². The summed E-state index contributed by atoms with van der Waals surface area (Å²) < 4.78 is 0. The van der Waals surface area contributed by atoms with Crippen molar-refractivity contribution in [3.05, 3.63) is 46.5 Å². The third-order valence-corrected chi connectivity index (χ3v) is 9.10. The molecule has 0 amide bonds. The summed E-state index contributed by atoms with van der Waals surface area (Å²) in [5.74, 6) is 0. The van der Waals surface area contributed by atoms with Crippen LogP contribution in [0.3, 0.4) is 0 Å². The second-order valence-electron chi connectivity index (χ2n) is 10.6. The predicted molar refractivity (Wildman–Crippen MR) is 124 cm³/mol. The predicted octanol–water partition coefficient (Wildman–Crippen LogP) is 7.46. The minimum absolute atomic E-state index is 0.360. The van der Waals surface area contributed by atoms with Gasteiger partial charge in [-0.05, 0) is 90.7 Å². The number of nitrogens with one attached hydrogen (secondary N) is 1. The number of nitriles is 1. The lowest BCUT2D eigenvalue weighted by Gasteiger charge is -2.37. The van der Waals surface area contributed by atoms with Gasteiger partial charge in [0.2, 0.25) is 0 Å². The summed E-state index contributed by atoms with van der Waals surface area (Å²) in [6.07, 6.45) is 15.7. The van der Waals surface area contributed by atoms with Crippen molar-refractivity contribution >= 4 is 21.8 Å². The lowest BCUT2D eigenvalue weighted by atomic mass is 9.67. The average Bonchev–Trinajstić information content (AvgIpc) is 3.49. The topological polar surface area (TPSA) is 39.6 Å². The molecule has 1 N–H and O–H groups in total. The van der Waals surface area contributed by atoms with Crippen LogP contribution in [0.2, 0.25) is 0 Å². The highest BCUT2D eigenvalue weighted by atomic mass is 14.7. The van der Waals surface area contributed by atoms with E-state index in [1.54, 1.807) is 5.56 Å². The van der Waals surface area contributed by atoms with Crippen LogP contribution < -0.4 is 0 Å². The SMILES string of the molecule is CCC1(c2ccc3[nH]c4cc(C#N)c5c(c4c3c2)CC2(CCCC2)C5)CCCCC1. The number of H-pyrrole nitrogens is 1. The summed E-state index contributed by atoms with van der Waals surface area (Å²) in [6.45, 7) is 2.38. The first kappa shape index (κ1) is 18.5. The number of hydrogen-bond donors (Lipinski definition) is 1. The van der Waals surface area contributed by atoms with Gasteiger partial charge in [-0.25, -0.2) is 0 Å². The molecule has 0 saturated heterocycles. The van der Waals surface area contributed by atoms with E-state index in [0.717, 1.165) is 12.0 Å². The summed E-state index contributed by atoms with van der Waals surface area (Å²) >= 11 is 0. The second kappa shape index (κ2) is 6.61. The molecule has 3 aliphatic carbocycles. The monoisotopic (exact) mass is 396 g/mol.